The maximum absolute atomic E-state index is 13.9. The Bertz CT molecular complexity index is 1720. The van der Waals surface area contributed by atoms with Crippen LogP contribution in [0.1, 0.15) is 58.3 Å². The molecule has 0 unspecified atom stereocenters. The number of benzene rings is 1. The van der Waals surface area contributed by atoms with Crippen LogP contribution in [-0.2, 0) is 12.0 Å². The van der Waals surface area contributed by atoms with Crippen LogP contribution in [0.4, 0.5) is 4.79 Å². The highest BCUT2D eigenvalue weighted by atomic mass is 32.1. The Hall–Kier alpha value is -4.98. The predicted molar refractivity (Wildman–Crippen MR) is 151 cm³/mol. The molecule has 1 saturated heterocycles. The van der Waals surface area contributed by atoms with E-state index in [1.165, 1.54) is 10.9 Å². The second kappa shape index (κ2) is 11.1. The lowest BCUT2D eigenvalue weighted by Crippen LogP contribution is -2.44. The number of thiazole rings is 1. The van der Waals surface area contributed by atoms with Crippen LogP contribution >= 0.6 is 11.3 Å². The molecule has 1 fully saturated rings. The standard InChI is InChI=1S/C28H27N9O4S/c1-17-16-42-24(30-17)21-9-6-11-36(21)25(38)19-13-20(31-22(14-19)37-12-10-29-35-37)23-33-34-26(41-23)28(2,32-27(39)40)15-18-7-4-3-5-8-18/h3-5,7-8,10,12-14,16,21,32H,6,9,11,15H2,1-2H3,(H,39,40)/t21-,28-/m1/s1. The van der Waals surface area contributed by atoms with Crippen LogP contribution in [-0.4, -0.2) is 63.7 Å². The number of nitrogens with zero attached hydrogens (tertiary/aromatic N) is 8. The lowest BCUT2D eigenvalue weighted by Gasteiger charge is -2.25. The molecule has 0 radical (unpaired) electrons. The van der Waals surface area contributed by atoms with Crippen molar-refractivity contribution in [1.82, 2.24) is 45.4 Å². The Morgan fingerprint density at radius 3 is 2.74 bits per heavy atom. The molecule has 214 valence electrons. The molecule has 5 aromatic rings. The minimum absolute atomic E-state index is 0.0287. The first-order chi connectivity index (χ1) is 20.3. The number of hydrogen-bond donors (Lipinski definition) is 2. The van der Waals surface area contributed by atoms with E-state index in [0.717, 1.165) is 29.1 Å². The summed E-state index contributed by atoms with van der Waals surface area (Å²) in [5.41, 5.74) is 1.18. The van der Waals surface area contributed by atoms with E-state index in [1.807, 2.05) is 47.5 Å². The molecule has 42 heavy (non-hydrogen) atoms. The van der Waals surface area contributed by atoms with Crippen molar-refractivity contribution in [3.05, 3.63) is 88.0 Å². The van der Waals surface area contributed by atoms with Crippen molar-refractivity contribution in [1.29, 1.82) is 0 Å². The van der Waals surface area contributed by atoms with Crippen molar-refractivity contribution in [2.75, 3.05) is 6.54 Å². The molecular weight excluding hydrogens is 558 g/mol. The van der Waals surface area contributed by atoms with Gasteiger partial charge in [0.05, 0.1) is 18.4 Å². The quantitative estimate of drug-likeness (QED) is 0.270. The third-order valence-corrected chi connectivity index (χ3v) is 8.11. The molecule has 1 aliphatic heterocycles. The maximum Gasteiger partial charge on any atom is 0.405 e. The minimum Gasteiger partial charge on any atom is -0.465 e. The fraction of sp³-hybridized carbons (Fsp3) is 0.286. The number of likely N-dealkylation sites (tertiary alicyclic amines) is 1. The van der Waals surface area contributed by atoms with Crippen LogP contribution in [0.15, 0.2) is 64.7 Å². The van der Waals surface area contributed by atoms with Crippen LogP contribution in [0.5, 0.6) is 0 Å². The molecule has 0 bridgehead atoms. The van der Waals surface area contributed by atoms with Gasteiger partial charge in [-0.3, -0.25) is 4.79 Å². The average Bonchev–Trinajstić information content (AvgIpc) is 3.79. The number of rotatable bonds is 8. The summed E-state index contributed by atoms with van der Waals surface area (Å²) in [6, 6.07) is 12.5. The van der Waals surface area contributed by atoms with E-state index in [0.29, 0.717) is 17.9 Å². The zero-order valence-corrected chi connectivity index (χ0v) is 23.7. The van der Waals surface area contributed by atoms with Crippen molar-refractivity contribution in [2.45, 2.75) is 44.7 Å². The van der Waals surface area contributed by atoms with Gasteiger partial charge in [-0.15, -0.1) is 26.6 Å². The van der Waals surface area contributed by atoms with E-state index in [-0.39, 0.29) is 35.8 Å². The van der Waals surface area contributed by atoms with Crippen LogP contribution in [0.3, 0.4) is 0 Å². The van der Waals surface area contributed by atoms with Gasteiger partial charge < -0.3 is 19.7 Å². The Kier molecular flexibility index (Phi) is 7.20. The molecule has 0 spiro atoms. The monoisotopic (exact) mass is 585 g/mol. The molecular formula is C28H27N9O4S. The maximum atomic E-state index is 13.9. The van der Waals surface area contributed by atoms with E-state index >= 15 is 0 Å². The van der Waals surface area contributed by atoms with E-state index in [2.05, 4.69) is 35.8 Å². The van der Waals surface area contributed by atoms with Crippen LogP contribution in [0, 0.1) is 6.92 Å². The molecule has 0 saturated carbocycles. The highest BCUT2D eigenvalue weighted by Gasteiger charge is 2.36. The number of hydrogen-bond acceptors (Lipinski definition) is 10. The van der Waals surface area contributed by atoms with E-state index in [9.17, 15) is 14.7 Å². The summed E-state index contributed by atoms with van der Waals surface area (Å²) >= 11 is 1.55. The van der Waals surface area contributed by atoms with Crippen LogP contribution in [0.25, 0.3) is 17.4 Å². The van der Waals surface area contributed by atoms with Crippen molar-refractivity contribution in [3.63, 3.8) is 0 Å². The predicted octanol–water partition coefficient (Wildman–Crippen LogP) is 4.18. The zero-order chi connectivity index (χ0) is 29.3. The molecule has 14 heteroatoms. The second-order valence-corrected chi connectivity index (χ2v) is 11.2. The Morgan fingerprint density at radius 1 is 1.19 bits per heavy atom. The van der Waals surface area contributed by atoms with Crippen molar-refractivity contribution in [3.8, 4) is 17.4 Å². The number of nitrogens with one attached hydrogen (secondary N) is 1. The smallest absolute Gasteiger partial charge is 0.405 e. The van der Waals surface area contributed by atoms with Gasteiger partial charge in [-0.05, 0) is 44.4 Å². The van der Waals surface area contributed by atoms with Gasteiger partial charge in [0.25, 0.3) is 11.8 Å². The van der Waals surface area contributed by atoms with Crippen LogP contribution in [0.2, 0.25) is 0 Å². The second-order valence-electron chi connectivity index (χ2n) is 10.3. The Morgan fingerprint density at radius 2 is 2.02 bits per heavy atom. The summed E-state index contributed by atoms with van der Waals surface area (Å²) in [5, 5.41) is 31.3. The highest BCUT2D eigenvalue weighted by Crippen LogP contribution is 2.35. The number of aromatic nitrogens is 7. The number of carbonyl (C=O) groups excluding carboxylic acids is 1. The highest BCUT2D eigenvalue weighted by molar-refractivity contribution is 7.09. The largest absolute Gasteiger partial charge is 0.465 e. The first-order valence-corrected chi connectivity index (χ1v) is 14.2. The molecule has 13 nitrogen and oxygen atoms in total. The third kappa shape index (κ3) is 5.48. The van der Waals surface area contributed by atoms with Gasteiger partial charge in [-0.2, -0.15) is 0 Å². The van der Waals surface area contributed by atoms with Gasteiger partial charge in [-0.1, -0.05) is 35.5 Å². The molecule has 1 aliphatic rings. The number of amides is 2. The first-order valence-electron chi connectivity index (χ1n) is 13.3. The summed E-state index contributed by atoms with van der Waals surface area (Å²) in [7, 11) is 0. The molecule has 0 aliphatic carbocycles. The number of aryl methyl sites for hydroxylation is 1. The van der Waals surface area contributed by atoms with Gasteiger partial charge in [0.15, 0.2) is 5.82 Å². The van der Waals surface area contributed by atoms with Crippen LogP contribution < -0.4 is 5.32 Å². The number of carbonyl (C=O) groups is 2. The molecule has 2 N–H and O–H groups in total. The molecule has 1 aromatic carbocycles. The lowest BCUT2D eigenvalue weighted by atomic mass is 9.93. The van der Waals surface area contributed by atoms with Gasteiger partial charge in [0.2, 0.25) is 5.89 Å². The van der Waals surface area contributed by atoms with Gasteiger partial charge in [-0.25, -0.2) is 19.4 Å². The number of pyridine rings is 1. The SMILES string of the molecule is Cc1csc([C@H]2CCCN2C(=O)c2cc(-c3nnc([C@@](C)(Cc4ccccc4)NC(=O)O)o3)nc(-n3ccnn3)c2)n1. The topological polar surface area (TPSA) is 165 Å². The van der Waals surface area contributed by atoms with Crippen molar-refractivity contribution in [2.24, 2.45) is 0 Å². The average molecular weight is 586 g/mol. The summed E-state index contributed by atoms with van der Waals surface area (Å²) in [5.74, 6) is 0.241. The molecule has 6 rings (SSSR count). The fourth-order valence-electron chi connectivity index (χ4n) is 5.12. The molecule has 5 heterocycles. The molecule has 4 aromatic heterocycles. The fourth-order valence-corrected chi connectivity index (χ4v) is 6.06. The summed E-state index contributed by atoms with van der Waals surface area (Å²) in [4.78, 5) is 36.7. The normalized spacial score (nSPS) is 16.3. The van der Waals surface area contributed by atoms with Gasteiger partial charge >= 0.3 is 6.09 Å². The molecule has 2 amide bonds. The number of carboxylic acid groups (broad SMARTS) is 1. The summed E-state index contributed by atoms with van der Waals surface area (Å²) in [6.07, 6.45) is 3.86. The first kappa shape index (κ1) is 27.2. The third-order valence-electron chi connectivity index (χ3n) is 7.05. The van der Waals surface area contributed by atoms with Crippen molar-refractivity contribution >= 4 is 23.3 Å². The van der Waals surface area contributed by atoms with E-state index in [4.69, 9.17) is 4.42 Å². The zero-order valence-electron chi connectivity index (χ0n) is 22.8. The van der Waals surface area contributed by atoms with Gasteiger partial charge in [0, 0.05) is 29.6 Å². The Labute approximate surface area is 244 Å². The van der Waals surface area contributed by atoms with E-state index in [1.54, 1.807) is 36.6 Å². The minimum atomic E-state index is -1.23. The van der Waals surface area contributed by atoms with Crippen molar-refractivity contribution < 1.29 is 19.1 Å². The Balaban J connectivity index is 1.37. The van der Waals surface area contributed by atoms with Gasteiger partial charge in [0.1, 0.15) is 16.2 Å². The lowest BCUT2D eigenvalue weighted by molar-refractivity contribution is 0.0735. The molecule has 2 atom stereocenters. The summed E-state index contributed by atoms with van der Waals surface area (Å²) < 4.78 is 7.48. The summed E-state index contributed by atoms with van der Waals surface area (Å²) in [6.45, 7) is 4.21. The van der Waals surface area contributed by atoms with E-state index < -0.39 is 11.6 Å².